The maximum atomic E-state index is 11.7. The van der Waals surface area contributed by atoms with E-state index >= 15 is 0 Å². The molecule has 0 radical (unpaired) electrons. The SMILES string of the molecule is CC(OC(C)(C)C)[C@H](N)C(=O)OC(C)(C)C.Cl. The lowest BCUT2D eigenvalue weighted by Crippen LogP contribution is -2.47. The van der Waals surface area contributed by atoms with Crippen molar-refractivity contribution >= 4 is 18.4 Å². The second kappa shape index (κ2) is 6.57. The van der Waals surface area contributed by atoms with Gasteiger partial charge in [-0.05, 0) is 48.5 Å². The molecular weight excluding hydrogens is 242 g/mol. The van der Waals surface area contributed by atoms with Crippen LogP contribution in [0.15, 0.2) is 0 Å². The Morgan fingerprint density at radius 3 is 1.76 bits per heavy atom. The Labute approximate surface area is 111 Å². The lowest BCUT2D eigenvalue weighted by Gasteiger charge is -2.29. The van der Waals surface area contributed by atoms with Crippen molar-refractivity contribution in [3.63, 3.8) is 0 Å². The summed E-state index contributed by atoms with van der Waals surface area (Å²) in [6.07, 6.45) is -0.366. The molecule has 2 atom stereocenters. The molecule has 0 amide bonds. The number of rotatable bonds is 3. The number of esters is 1. The van der Waals surface area contributed by atoms with E-state index in [9.17, 15) is 4.79 Å². The van der Waals surface area contributed by atoms with Crippen molar-refractivity contribution in [2.24, 2.45) is 5.73 Å². The number of carbonyl (C=O) groups excluding carboxylic acids is 1. The molecule has 0 aromatic rings. The highest BCUT2D eigenvalue weighted by molar-refractivity contribution is 5.85. The normalized spacial score (nSPS) is 15.8. The lowest BCUT2D eigenvalue weighted by molar-refractivity contribution is -0.162. The third kappa shape index (κ3) is 9.39. The zero-order valence-corrected chi connectivity index (χ0v) is 12.7. The second-order valence-electron chi connectivity index (χ2n) is 5.99. The van der Waals surface area contributed by atoms with Crippen molar-refractivity contribution in [2.45, 2.75) is 71.8 Å². The van der Waals surface area contributed by atoms with E-state index in [0.29, 0.717) is 0 Å². The van der Waals surface area contributed by atoms with Gasteiger partial charge < -0.3 is 15.2 Å². The zero-order chi connectivity index (χ0) is 13.1. The molecule has 0 fully saturated rings. The predicted octanol–water partition coefficient (Wildman–Crippen LogP) is 2.28. The standard InChI is InChI=1S/C12H25NO3.ClH/c1-8(15-11(2,3)4)9(13)10(14)16-12(5,6)7;/h8-9H,13H2,1-7H3;1H/t8?,9-;/m0./s1. The first-order valence-electron chi connectivity index (χ1n) is 5.58. The Kier molecular flexibility index (Phi) is 7.35. The summed E-state index contributed by atoms with van der Waals surface area (Å²) in [6.45, 7) is 13.0. The fourth-order valence-electron chi connectivity index (χ4n) is 1.19. The smallest absolute Gasteiger partial charge is 0.326 e. The number of carbonyl (C=O) groups is 1. The van der Waals surface area contributed by atoms with Crippen LogP contribution in [0.25, 0.3) is 0 Å². The first kappa shape index (κ1) is 19.0. The van der Waals surface area contributed by atoms with Gasteiger partial charge in [0.1, 0.15) is 11.6 Å². The molecular formula is C12H26ClNO3. The van der Waals surface area contributed by atoms with Crippen molar-refractivity contribution in [3.05, 3.63) is 0 Å². The van der Waals surface area contributed by atoms with Gasteiger partial charge in [0, 0.05) is 0 Å². The van der Waals surface area contributed by atoms with Gasteiger partial charge in [0.25, 0.3) is 0 Å². The average Bonchev–Trinajstić information content (AvgIpc) is 1.96. The van der Waals surface area contributed by atoms with E-state index in [0.717, 1.165) is 0 Å². The molecule has 0 rings (SSSR count). The molecule has 0 saturated carbocycles. The van der Waals surface area contributed by atoms with Gasteiger partial charge in [-0.1, -0.05) is 0 Å². The lowest BCUT2D eigenvalue weighted by atomic mass is 10.1. The Morgan fingerprint density at radius 1 is 1.06 bits per heavy atom. The summed E-state index contributed by atoms with van der Waals surface area (Å²) in [7, 11) is 0. The predicted molar refractivity (Wildman–Crippen MR) is 71.4 cm³/mol. The van der Waals surface area contributed by atoms with Gasteiger partial charge in [-0.3, -0.25) is 4.79 Å². The molecule has 4 nitrogen and oxygen atoms in total. The van der Waals surface area contributed by atoms with Crippen LogP contribution in [0.1, 0.15) is 48.5 Å². The summed E-state index contributed by atoms with van der Waals surface area (Å²) in [5, 5.41) is 0. The number of halogens is 1. The van der Waals surface area contributed by atoms with Gasteiger partial charge in [-0.15, -0.1) is 12.4 Å². The molecule has 1 unspecified atom stereocenters. The fraction of sp³-hybridized carbons (Fsp3) is 0.917. The Balaban J connectivity index is 0. The molecule has 0 spiro atoms. The van der Waals surface area contributed by atoms with Crippen LogP contribution in [0.5, 0.6) is 0 Å². The third-order valence-electron chi connectivity index (χ3n) is 1.72. The highest BCUT2D eigenvalue weighted by Crippen LogP contribution is 2.15. The monoisotopic (exact) mass is 267 g/mol. The Bertz CT molecular complexity index is 243. The van der Waals surface area contributed by atoms with Gasteiger partial charge in [-0.25, -0.2) is 0 Å². The van der Waals surface area contributed by atoms with E-state index in [-0.39, 0.29) is 24.1 Å². The summed E-state index contributed by atoms with van der Waals surface area (Å²) in [4.78, 5) is 11.7. The van der Waals surface area contributed by atoms with Crippen LogP contribution in [-0.4, -0.2) is 29.3 Å². The highest BCUT2D eigenvalue weighted by atomic mass is 35.5. The summed E-state index contributed by atoms with van der Waals surface area (Å²) in [5.74, 6) is -0.427. The molecule has 2 N–H and O–H groups in total. The van der Waals surface area contributed by atoms with Gasteiger partial charge in [-0.2, -0.15) is 0 Å². The number of hydrogen-bond acceptors (Lipinski definition) is 4. The van der Waals surface area contributed by atoms with Crippen molar-refractivity contribution < 1.29 is 14.3 Å². The van der Waals surface area contributed by atoms with Crippen molar-refractivity contribution in [2.75, 3.05) is 0 Å². The van der Waals surface area contributed by atoms with Gasteiger partial charge in [0.2, 0.25) is 0 Å². The van der Waals surface area contributed by atoms with Crippen LogP contribution in [-0.2, 0) is 14.3 Å². The molecule has 0 aromatic heterocycles. The van der Waals surface area contributed by atoms with Crippen molar-refractivity contribution in [1.82, 2.24) is 0 Å². The van der Waals surface area contributed by atoms with Crippen LogP contribution < -0.4 is 5.73 Å². The molecule has 0 aromatic carbocycles. The largest absolute Gasteiger partial charge is 0.459 e. The number of hydrogen-bond donors (Lipinski definition) is 1. The van der Waals surface area contributed by atoms with E-state index in [2.05, 4.69) is 0 Å². The summed E-state index contributed by atoms with van der Waals surface area (Å²) < 4.78 is 10.8. The molecule has 0 aliphatic heterocycles. The highest BCUT2D eigenvalue weighted by Gasteiger charge is 2.29. The fourth-order valence-corrected chi connectivity index (χ4v) is 1.19. The maximum absolute atomic E-state index is 11.7. The molecule has 0 aliphatic rings. The van der Waals surface area contributed by atoms with E-state index in [1.165, 1.54) is 0 Å². The molecule has 0 saturated heterocycles. The van der Waals surface area contributed by atoms with Crippen LogP contribution in [0.4, 0.5) is 0 Å². The average molecular weight is 268 g/mol. The maximum Gasteiger partial charge on any atom is 0.326 e. The number of nitrogens with two attached hydrogens (primary N) is 1. The van der Waals surface area contributed by atoms with E-state index in [1.54, 1.807) is 6.92 Å². The van der Waals surface area contributed by atoms with Gasteiger partial charge in [0.15, 0.2) is 0 Å². The molecule has 5 heteroatoms. The van der Waals surface area contributed by atoms with Gasteiger partial charge >= 0.3 is 5.97 Å². The quantitative estimate of drug-likeness (QED) is 0.797. The zero-order valence-electron chi connectivity index (χ0n) is 11.9. The minimum absolute atomic E-state index is 0. The van der Waals surface area contributed by atoms with Gasteiger partial charge in [0.05, 0.1) is 11.7 Å². The Morgan fingerprint density at radius 2 is 1.47 bits per heavy atom. The summed E-state index contributed by atoms with van der Waals surface area (Å²) in [6, 6.07) is -0.751. The van der Waals surface area contributed by atoms with Crippen LogP contribution in [0.3, 0.4) is 0 Å². The topological polar surface area (TPSA) is 61.5 Å². The molecule has 0 bridgehead atoms. The van der Waals surface area contributed by atoms with Crippen LogP contribution >= 0.6 is 12.4 Å². The molecule has 17 heavy (non-hydrogen) atoms. The Hall–Kier alpha value is -0.320. The van der Waals surface area contributed by atoms with E-state index in [4.69, 9.17) is 15.2 Å². The first-order chi connectivity index (χ1) is 6.92. The van der Waals surface area contributed by atoms with Crippen LogP contribution in [0.2, 0.25) is 0 Å². The summed E-state index contributed by atoms with van der Waals surface area (Å²) >= 11 is 0. The molecule has 0 heterocycles. The van der Waals surface area contributed by atoms with Crippen molar-refractivity contribution in [1.29, 1.82) is 0 Å². The van der Waals surface area contributed by atoms with Crippen molar-refractivity contribution in [3.8, 4) is 0 Å². The molecule has 0 aliphatic carbocycles. The van der Waals surface area contributed by atoms with E-state index < -0.39 is 17.6 Å². The third-order valence-corrected chi connectivity index (χ3v) is 1.72. The minimum atomic E-state index is -0.751. The second-order valence-corrected chi connectivity index (χ2v) is 5.99. The van der Waals surface area contributed by atoms with Crippen LogP contribution in [0, 0.1) is 0 Å². The number of ether oxygens (including phenoxy) is 2. The van der Waals surface area contributed by atoms with E-state index in [1.807, 2.05) is 41.5 Å². The molecule has 104 valence electrons. The summed E-state index contributed by atoms with van der Waals surface area (Å²) in [5.41, 5.74) is 4.94. The minimum Gasteiger partial charge on any atom is -0.459 e. The first-order valence-corrected chi connectivity index (χ1v) is 5.58.